The molecule has 0 fully saturated rings. The molecule has 5 nitrogen and oxygen atoms in total. The summed E-state index contributed by atoms with van der Waals surface area (Å²) in [5, 5.41) is 4.63. The smallest absolute Gasteiger partial charge is 0.272 e. The highest BCUT2D eigenvalue weighted by molar-refractivity contribution is 6.31. The Morgan fingerprint density at radius 3 is 2.43 bits per heavy atom. The molecule has 0 saturated heterocycles. The van der Waals surface area contributed by atoms with Gasteiger partial charge in [0, 0.05) is 34.2 Å². The van der Waals surface area contributed by atoms with E-state index in [2.05, 4.69) is 5.32 Å². The van der Waals surface area contributed by atoms with Gasteiger partial charge in [-0.2, -0.15) is 0 Å². The van der Waals surface area contributed by atoms with Crippen molar-refractivity contribution in [2.75, 3.05) is 18.5 Å². The van der Waals surface area contributed by atoms with E-state index in [1.54, 1.807) is 6.07 Å². The van der Waals surface area contributed by atoms with Gasteiger partial charge in [-0.1, -0.05) is 11.6 Å². The van der Waals surface area contributed by atoms with Gasteiger partial charge in [-0.25, -0.2) is 0 Å². The second kappa shape index (κ2) is 8.57. The molecule has 3 aromatic rings. The van der Waals surface area contributed by atoms with Crippen molar-refractivity contribution in [1.82, 2.24) is 4.57 Å². The van der Waals surface area contributed by atoms with Crippen LogP contribution in [-0.4, -0.2) is 23.7 Å². The fourth-order valence-electron chi connectivity index (χ4n) is 3.43. The van der Waals surface area contributed by atoms with E-state index < -0.39 is 0 Å². The lowest BCUT2D eigenvalue weighted by Gasteiger charge is -2.14. The van der Waals surface area contributed by atoms with Gasteiger partial charge in [-0.15, -0.1) is 0 Å². The van der Waals surface area contributed by atoms with Gasteiger partial charge in [0.2, 0.25) is 0 Å². The summed E-state index contributed by atoms with van der Waals surface area (Å²) in [6.07, 6.45) is 0. The standard InChI is InChI=1S/C22H25ClN2O3/c1-5-25-18-10-8-15(23)12-17(18)14(4)21(25)22(26)24-16-9-11-19(27-6-2)20(13-16)28-7-3/h8-13H,5-7H2,1-4H3,(H,24,26). The van der Waals surface area contributed by atoms with Gasteiger partial charge < -0.3 is 19.4 Å². The summed E-state index contributed by atoms with van der Waals surface area (Å²) in [7, 11) is 0. The average molecular weight is 401 g/mol. The van der Waals surface area contributed by atoms with Crippen molar-refractivity contribution in [2.45, 2.75) is 34.2 Å². The number of aryl methyl sites for hydroxylation is 2. The van der Waals surface area contributed by atoms with E-state index in [9.17, 15) is 4.79 Å². The Hall–Kier alpha value is -2.66. The van der Waals surface area contributed by atoms with E-state index >= 15 is 0 Å². The molecule has 148 valence electrons. The SMILES string of the molecule is CCOc1ccc(NC(=O)c2c(C)c3cc(Cl)ccc3n2CC)cc1OCC. The first-order chi connectivity index (χ1) is 13.5. The maximum absolute atomic E-state index is 13.1. The van der Waals surface area contributed by atoms with Gasteiger partial charge in [0.15, 0.2) is 11.5 Å². The minimum Gasteiger partial charge on any atom is -0.490 e. The number of halogens is 1. The highest BCUT2D eigenvalue weighted by atomic mass is 35.5. The Morgan fingerprint density at radius 1 is 1.04 bits per heavy atom. The van der Waals surface area contributed by atoms with Gasteiger partial charge >= 0.3 is 0 Å². The maximum atomic E-state index is 13.1. The van der Waals surface area contributed by atoms with Crippen LogP contribution < -0.4 is 14.8 Å². The van der Waals surface area contributed by atoms with Crippen molar-refractivity contribution in [3.05, 3.63) is 52.7 Å². The number of aromatic nitrogens is 1. The molecule has 1 N–H and O–H groups in total. The third-order valence-electron chi connectivity index (χ3n) is 4.61. The first-order valence-corrected chi connectivity index (χ1v) is 9.87. The van der Waals surface area contributed by atoms with Crippen LogP contribution in [0.1, 0.15) is 36.8 Å². The molecule has 0 bridgehead atoms. The molecule has 2 aromatic carbocycles. The summed E-state index contributed by atoms with van der Waals surface area (Å²) in [5.41, 5.74) is 3.19. The number of hydrogen-bond donors (Lipinski definition) is 1. The number of ether oxygens (including phenoxy) is 2. The minimum absolute atomic E-state index is 0.168. The van der Waals surface area contributed by atoms with Crippen molar-refractivity contribution >= 4 is 34.1 Å². The lowest BCUT2D eigenvalue weighted by Crippen LogP contribution is -2.18. The summed E-state index contributed by atoms with van der Waals surface area (Å²) < 4.78 is 13.2. The number of benzene rings is 2. The zero-order valence-electron chi connectivity index (χ0n) is 16.6. The van der Waals surface area contributed by atoms with Crippen molar-refractivity contribution < 1.29 is 14.3 Å². The molecule has 0 unspecified atom stereocenters. The molecule has 0 radical (unpaired) electrons. The van der Waals surface area contributed by atoms with Crippen LogP contribution in [0, 0.1) is 6.92 Å². The third kappa shape index (κ3) is 3.80. The molecule has 1 amide bonds. The second-order valence-corrected chi connectivity index (χ2v) is 6.80. The van der Waals surface area contributed by atoms with Crippen LogP contribution >= 0.6 is 11.6 Å². The zero-order chi connectivity index (χ0) is 20.3. The number of fused-ring (bicyclic) bond motifs is 1. The molecular formula is C22H25ClN2O3. The lowest BCUT2D eigenvalue weighted by atomic mass is 10.1. The molecule has 1 aromatic heterocycles. The number of hydrogen-bond acceptors (Lipinski definition) is 3. The van der Waals surface area contributed by atoms with Crippen LogP contribution in [0.2, 0.25) is 5.02 Å². The minimum atomic E-state index is -0.168. The number of rotatable bonds is 7. The summed E-state index contributed by atoms with van der Waals surface area (Å²) in [6, 6.07) is 11.1. The number of anilines is 1. The molecule has 0 atom stereocenters. The van der Waals surface area contributed by atoms with Crippen molar-refractivity contribution in [3.8, 4) is 11.5 Å². The molecule has 0 aliphatic carbocycles. The van der Waals surface area contributed by atoms with Crippen LogP contribution in [0.4, 0.5) is 5.69 Å². The first-order valence-electron chi connectivity index (χ1n) is 9.49. The van der Waals surface area contributed by atoms with E-state index in [1.807, 2.05) is 62.6 Å². The van der Waals surface area contributed by atoms with Gasteiger partial charge in [-0.05, 0) is 63.6 Å². The quantitative estimate of drug-likeness (QED) is 0.555. The number of nitrogens with one attached hydrogen (secondary N) is 1. The van der Waals surface area contributed by atoms with Gasteiger partial charge in [0.05, 0.1) is 13.2 Å². The van der Waals surface area contributed by atoms with Gasteiger partial charge in [0.25, 0.3) is 5.91 Å². The zero-order valence-corrected chi connectivity index (χ0v) is 17.4. The van der Waals surface area contributed by atoms with Gasteiger partial charge in [0.1, 0.15) is 5.69 Å². The predicted octanol–water partition coefficient (Wildman–Crippen LogP) is 5.67. The van der Waals surface area contributed by atoms with Gasteiger partial charge in [-0.3, -0.25) is 4.79 Å². The van der Waals surface area contributed by atoms with Crippen LogP contribution in [0.3, 0.4) is 0 Å². The van der Waals surface area contributed by atoms with Crippen molar-refractivity contribution in [1.29, 1.82) is 0 Å². The Labute approximate surface area is 170 Å². The highest BCUT2D eigenvalue weighted by Gasteiger charge is 2.20. The normalized spacial score (nSPS) is 10.9. The molecule has 6 heteroatoms. The lowest BCUT2D eigenvalue weighted by molar-refractivity contribution is 0.101. The third-order valence-corrected chi connectivity index (χ3v) is 4.85. The summed E-state index contributed by atoms with van der Waals surface area (Å²) in [6.45, 7) is 9.55. The largest absolute Gasteiger partial charge is 0.490 e. The van der Waals surface area contributed by atoms with E-state index in [1.165, 1.54) is 0 Å². The van der Waals surface area contributed by atoms with Crippen LogP contribution in [0.25, 0.3) is 10.9 Å². The summed E-state index contributed by atoms with van der Waals surface area (Å²) in [5.74, 6) is 1.11. The Balaban J connectivity index is 1.97. The summed E-state index contributed by atoms with van der Waals surface area (Å²) in [4.78, 5) is 13.1. The number of carbonyl (C=O) groups excluding carboxylic acids is 1. The number of carbonyl (C=O) groups is 1. The van der Waals surface area contributed by atoms with Crippen molar-refractivity contribution in [2.24, 2.45) is 0 Å². The number of amides is 1. The van der Waals surface area contributed by atoms with Crippen LogP contribution in [-0.2, 0) is 6.54 Å². The average Bonchev–Trinajstić information content (AvgIpc) is 2.95. The molecular weight excluding hydrogens is 376 g/mol. The Bertz CT molecular complexity index is 1010. The molecule has 1 heterocycles. The Kier molecular flexibility index (Phi) is 6.15. The topological polar surface area (TPSA) is 52.5 Å². The fraction of sp³-hybridized carbons (Fsp3) is 0.318. The first kappa shape index (κ1) is 20.1. The van der Waals surface area contributed by atoms with E-state index in [0.29, 0.717) is 47.7 Å². The fourth-order valence-corrected chi connectivity index (χ4v) is 3.61. The van der Waals surface area contributed by atoms with Crippen molar-refractivity contribution in [3.63, 3.8) is 0 Å². The van der Waals surface area contributed by atoms with Crippen LogP contribution in [0.5, 0.6) is 11.5 Å². The monoisotopic (exact) mass is 400 g/mol. The molecule has 3 rings (SSSR count). The van der Waals surface area contributed by atoms with Crippen LogP contribution in [0.15, 0.2) is 36.4 Å². The van der Waals surface area contributed by atoms with E-state index in [0.717, 1.165) is 16.5 Å². The molecule has 0 spiro atoms. The predicted molar refractivity (Wildman–Crippen MR) is 114 cm³/mol. The van der Waals surface area contributed by atoms with E-state index in [-0.39, 0.29) is 5.91 Å². The highest BCUT2D eigenvalue weighted by Crippen LogP contribution is 2.32. The molecule has 0 aliphatic rings. The number of nitrogens with zero attached hydrogens (tertiary/aromatic N) is 1. The summed E-state index contributed by atoms with van der Waals surface area (Å²) >= 11 is 6.16. The molecule has 0 saturated carbocycles. The van der Waals surface area contributed by atoms with E-state index in [4.69, 9.17) is 21.1 Å². The molecule has 0 aliphatic heterocycles. The maximum Gasteiger partial charge on any atom is 0.272 e. The second-order valence-electron chi connectivity index (χ2n) is 6.36. The Morgan fingerprint density at radius 2 is 1.75 bits per heavy atom. The molecule has 28 heavy (non-hydrogen) atoms.